The Kier molecular flexibility index (Phi) is 6.28. The van der Waals surface area contributed by atoms with E-state index in [-0.39, 0.29) is 22.3 Å². The van der Waals surface area contributed by atoms with E-state index in [2.05, 4.69) is 20.3 Å². The number of benzene rings is 1. The van der Waals surface area contributed by atoms with E-state index in [0.717, 1.165) is 0 Å². The molecule has 0 bridgehead atoms. The Balaban J connectivity index is 0.00000261. The molecule has 3 N–H and O–H groups in total. The van der Waals surface area contributed by atoms with E-state index in [1.54, 1.807) is 6.07 Å². The molecule has 3 rings (SSSR count). The number of ether oxygens (including phenoxy) is 2. The standard InChI is InChI=1S/C15H19N5O5S.H2O/c1-20(6-8-25-9-7-20)14-17-13(18-15(19-14)24-2)16-11-4-3-5-12(10-11)26(21,22)23;/h3-5,10H,6-9H2,1-2H3,(H-,16,17,18,19,21,22,23);1H2. The zero-order chi connectivity index (χ0) is 18.8. The van der Waals surface area contributed by atoms with Gasteiger partial charge in [-0.2, -0.15) is 4.98 Å². The van der Waals surface area contributed by atoms with Crippen LogP contribution in [0, 0.1) is 0 Å². The molecule has 12 heteroatoms. The van der Waals surface area contributed by atoms with Gasteiger partial charge in [-0.05, 0) is 18.2 Å². The van der Waals surface area contributed by atoms with Crippen molar-refractivity contribution in [1.29, 1.82) is 0 Å². The predicted octanol–water partition coefficient (Wildman–Crippen LogP) is -0.330. The van der Waals surface area contributed by atoms with Crippen molar-refractivity contribution in [3.63, 3.8) is 0 Å². The van der Waals surface area contributed by atoms with Crippen molar-refractivity contribution in [2.24, 2.45) is 0 Å². The maximum Gasteiger partial charge on any atom is 0.336 e. The summed E-state index contributed by atoms with van der Waals surface area (Å²) in [6.07, 6.45) is 0. The second kappa shape index (κ2) is 8.10. The molecule has 0 radical (unpaired) electrons. The number of nitrogens with zero attached hydrogens (tertiary/aromatic N) is 4. The maximum atomic E-state index is 11.2. The Hall–Kier alpha value is -2.38. The summed E-state index contributed by atoms with van der Waals surface area (Å²) < 4.78 is 44.6. The molecule has 1 fully saturated rings. The van der Waals surface area contributed by atoms with Crippen molar-refractivity contribution < 1.29 is 27.9 Å². The van der Waals surface area contributed by atoms with Crippen LogP contribution in [0.15, 0.2) is 29.2 Å². The summed E-state index contributed by atoms with van der Waals surface area (Å²) in [6.45, 7) is 2.60. The van der Waals surface area contributed by atoms with Gasteiger partial charge in [0.15, 0.2) is 0 Å². The summed E-state index contributed by atoms with van der Waals surface area (Å²) in [5, 5.41) is 2.90. The second-order valence-corrected chi connectivity index (χ2v) is 7.39. The van der Waals surface area contributed by atoms with Gasteiger partial charge in [-0.15, -0.1) is 9.97 Å². The van der Waals surface area contributed by atoms with Gasteiger partial charge < -0.3 is 24.8 Å². The highest BCUT2D eigenvalue weighted by Gasteiger charge is 2.32. The van der Waals surface area contributed by atoms with E-state index < -0.39 is 10.1 Å². The van der Waals surface area contributed by atoms with E-state index in [0.29, 0.717) is 42.4 Å². The number of methoxy groups -OCH3 is 1. The number of morpholine rings is 1. The van der Waals surface area contributed by atoms with Crippen molar-refractivity contribution in [3.05, 3.63) is 24.3 Å². The predicted molar refractivity (Wildman–Crippen MR) is 96.0 cm³/mol. The van der Waals surface area contributed by atoms with Crippen LogP contribution in [0.2, 0.25) is 0 Å². The topological polar surface area (TPSA) is 158 Å². The molecule has 0 atom stereocenters. The highest BCUT2D eigenvalue weighted by molar-refractivity contribution is 7.85. The lowest BCUT2D eigenvalue weighted by molar-refractivity contribution is 0.0493. The fourth-order valence-corrected chi connectivity index (χ4v) is 3.06. The third-order valence-corrected chi connectivity index (χ3v) is 4.94. The minimum Gasteiger partial charge on any atom is -0.744 e. The van der Waals surface area contributed by atoms with Crippen molar-refractivity contribution in [2.45, 2.75) is 4.90 Å². The summed E-state index contributed by atoms with van der Waals surface area (Å²) in [7, 11) is -1.11. The normalized spacial score (nSPS) is 16.3. The smallest absolute Gasteiger partial charge is 0.336 e. The number of aromatic nitrogens is 3. The number of hydrogen-bond acceptors (Lipinski definition) is 9. The first-order chi connectivity index (χ1) is 12.3. The zero-order valence-corrected chi connectivity index (χ0v) is 15.7. The first kappa shape index (κ1) is 20.9. The van der Waals surface area contributed by atoms with Crippen LogP contribution in [0.1, 0.15) is 0 Å². The van der Waals surface area contributed by atoms with Gasteiger partial charge in [0, 0.05) is 5.69 Å². The summed E-state index contributed by atoms with van der Waals surface area (Å²) in [6, 6.07) is 5.66. The Bertz CT molecular complexity index is 901. The first-order valence-corrected chi connectivity index (χ1v) is 9.27. The Labute approximate surface area is 156 Å². The van der Waals surface area contributed by atoms with Gasteiger partial charge in [-0.25, -0.2) is 8.42 Å². The average molecular weight is 399 g/mol. The van der Waals surface area contributed by atoms with Crippen molar-refractivity contribution >= 4 is 27.7 Å². The molecular weight excluding hydrogens is 378 g/mol. The van der Waals surface area contributed by atoms with E-state index >= 15 is 0 Å². The second-order valence-electron chi connectivity index (χ2n) is 6.01. The maximum absolute atomic E-state index is 11.2. The van der Waals surface area contributed by atoms with Crippen LogP contribution in [0.3, 0.4) is 0 Å². The average Bonchev–Trinajstić information content (AvgIpc) is 2.61. The number of likely N-dealkylation sites (N-methyl/N-ethyl adjacent to an activating group) is 1. The monoisotopic (exact) mass is 399 g/mol. The molecule has 0 amide bonds. The fraction of sp³-hybridized carbons (Fsp3) is 0.400. The van der Waals surface area contributed by atoms with Gasteiger partial charge in [0.05, 0.1) is 32.3 Å². The third-order valence-electron chi connectivity index (χ3n) is 4.11. The minimum absolute atomic E-state index is 0. The zero-order valence-electron chi connectivity index (χ0n) is 14.9. The molecule has 2 aromatic rings. The van der Waals surface area contributed by atoms with Crippen molar-refractivity contribution in [1.82, 2.24) is 19.4 Å². The number of nitrogens with one attached hydrogen (secondary N) is 1. The van der Waals surface area contributed by atoms with Crippen LogP contribution >= 0.6 is 0 Å². The molecule has 1 saturated heterocycles. The molecule has 2 heterocycles. The summed E-state index contributed by atoms with van der Waals surface area (Å²) >= 11 is 0. The lowest BCUT2D eigenvalue weighted by atomic mass is 10.3. The largest absolute Gasteiger partial charge is 0.744 e. The highest BCUT2D eigenvalue weighted by atomic mass is 32.2. The Morgan fingerprint density at radius 3 is 2.56 bits per heavy atom. The minimum atomic E-state index is -4.55. The van der Waals surface area contributed by atoms with Crippen LogP contribution in [-0.4, -0.2) is 73.9 Å². The van der Waals surface area contributed by atoms with E-state index in [1.807, 2.05) is 7.05 Å². The molecule has 0 unspecified atom stereocenters. The Morgan fingerprint density at radius 1 is 1.22 bits per heavy atom. The van der Waals surface area contributed by atoms with Gasteiger partial charge in [-0.3, -0.25) is 4.48 Å². The van der Waals surface area contributed by atoms with Crippen LogP contribution < -0.4 is 14.5 Å². The molecule has 11 nitrogen and oxygen atoms in total. The summed E-state index contributed by atoms with van der Waals surface area (Å²) in [4.78, 5) is 12.6. The van der Waals surface area contributed by atoms with Gasteiger partial charge in [0.2, 0.25) is 5.95 Å². The number of hydrogen-bond donors (Lipinski definition) is 1. The van der Waals surface area contributed by atoms with Gasteiger partial charge >= 0.3 is 12.0 Å². The highest BCUT2D eigenvalue weighted by Crippen LogP contribution is 2.24. The van der Waals surface area contributed by atoms with Crippen LogP contribution in [0.4, 0.5) is 17.6 Å². The number of quaternary nitrogens is 1. The summed E-state index contributed by atoms with van der Waals surface area (Å²) in [5.41, 5.74) is 0.366. The Morgan fingerprint density at radius 2 is 1.93 bits per heavy atom. The molecule has 148 valence electrons. The molecule has 1 aliphatic heterocycles. The lowest BCUT2D eigenvalue weighted by Crippen LogP contribution is -2.54. The lowest BCUT2D eigenvalue weighted by Gasteiger charge is -2.34. The SMILES string of the molecule is COc1nc(Nc2cccc(S(=O)(=O)[O-])c2)nc([N+]2(C)CCOCC2)n1.O. The fourth-order valence-electron chi connectivity index (χ4n) is 2.54. The molecule has 0 saturated carbocycles. The van der Waals surface area contributed by atoms with Gasteiger partial charge in [-0.1, -0.05) is 6.07 Å². The first-order valence-electron chi connectivity index (χ1n) is 7.86. The molecule has 1 aromatic carbocycles. The van der Waals surface area contributed by atoms with E-state index in [4.69, 9.17) is 9.47 Å². The molecule has 0 spiro atoms. The van der Waals surface area contributed by atoms with Gasteiger partial charge in [0.1, 0.15) is 23.2 Å². The van der Waals surface area contributed by atoms with Crippen molar-refractivity contribution in [3.8, 4) is 6.01 Å². The number of anilines is 2. The van der Waals surface area contributed by atoms with E-state index in [9.17, 15) is 13.0 Å². The van der Waals surface area contributed by atoms with Crippen molar-refractivity contribution in [2.75, 3.05) is 45.8 Å². The van der Waals surface area contributed by atoms with E-state index in [1.165, 1.54) is 25.3 Å². The molecule has 1 aliphatic rings. The molecule has 1 aromatic heterocycles. The summed E-state index contributed by atoms with van der Waals surface area (Å²) in [5.74, 6) is 0.702. The van der Waals surface area contributed by atoms with Gasteiger partial charge in [0.25, 0.3) is 0 Å². The quantitative estimate of drug-likeness (QED) is 0.525. The van der Waals surface area contributed by atoms with Crippen LogP contribution in [0.25, 0.3) is 0 Å². The van der Waals surface area contributed by atoms with Crippen LogP contribution in [-0.2, 0) is 14.9 Å². The third kappa shape index (κ3) is 4.87. The molecular formula is C15H21N5O6S. The van der Waals surface area contributed by atoms with Crippen LogP contribution in [0.5, 0.6) is 6.01 Å². The number of rotatable bonds is 5. The molecule has 27 heavy (non-hydrogen) atoms. The molecule has 0 aliphatic carbocycles.